The van der Waals surface area contributed by atoms with Crippen molar-refractivity contribution in [1.82, 2.24) is 5.32 Å². The third kappa shape index (κ3) is 5.40. The van der Waals surface area contributed by atoms with E-state index in [4.69, 9.17) is 10.5 Å². The Labute approximate surface area is 119 Å². The van der Waals surface area contributed by atoms with E-state index in [9.17, 15) is 9.59 Å². The molecule has 0 saturated carbocycles. The number of carbonyl (C=O) groups excluding carboxylic acids is 2. The molecule has 2 unspecified atom stereocenters. The van der Waals surface area contributed by atoms with Gasteiger partial charge in [0.1, 0.15) is 0 Å². The molecule has 3 N–H and O–H groups in total. The second-order valence-corrected chi connectivity index (χ2v) is 4.70. The van der Waals surface area contributed by atoms with Crippen LogP contribution < -0.4 is 11.1 Å². The van der Waals surface area contributed by atoms with Crippen LogP contribution in [0.2, 0.25) is 0 Å². The van der Waals surface area contributed by atoms with E-state index in [1.165, 1.54) is 0 Å². The number of nitrogens with one attached hydrogen (secondary N) is 1. The fraction of sp³-hybridized carbons (Fsp3) is 0.467. The molecule has 0 aromatic heterocycles. The Balaban J connectivity index is 2.69. The first-order valence-corrected chi connectivity index (χ1v) is 6.78. The zero-order valence-electron chi connectivity index (χ0n) is 12.0. The molecule has 0 fully saturated rings. The molecule has 5 heteroatoms. The third-order valence-electron chi connectivity index (χ3n) is 2.78. The third-order valence-corrected chi connectivity index (χ3v) is 2.78. The van der Waals surface area contributed by atoms with E-state index >= 15 is 0 Å². The summed E-state index contributed by atoms with van der Waals surface area (Å²) >= 11 is 0. The van der Waals surface area contributed by atoms with Crippen LogP contribution in [-0.2, 0) is 14.3 Å². The van der Waals surface area contributed by atoms with Crippen LogP contribution in [0.15, 0.2) is 30.3 Å². The Kier molecular flexibility index (Phi) is 6.73. The summed E-state index contributed by atoms with van der Waals surface area (Å²) in [4.78, 5) is 23.6. The maximum absolute atomic E-state index is 12.0. The average Bonchev–Trinajstić information content (AvgIpc) is 2.39. The Hall–Kier alpha value is -1.88. The summed E-state index contributed by atoms with van der Waals surface area (Å²) < 4.78 is 5.06. The van der Waals surface area contributed by atoms with Crippen LogP contribution >= 0.6 is 0 Å². The van der Waals surface area contributed by atoms with Gasteiger partial charge < -0.3 is 15.8 Å². The molecule has 5 nitrogen and oxygen atoms in total. The first kappa shape index (κ1) is 16.2. The van der Waals surface area contributed by atoms with E-state index in [0.29, 0.717) is 6.61 Å². The quantitative estimate of drug-likeness (QED) is 0.734. The van der Waals surface area contributed by atoms with Crippen molar-refractivity contribution >= 4 is 11.9 Å². The Morgan fingerprint density at radius 1 is 1.30 bits per heavy atom. The molecule has 1 rings (SSSR count). The molecule has 0 radical (unpaired) electrons. The molecule has 1 aromatic rings. The van der Waals surface area contributed by atoms with Crippen molar-refractivity contribution < 1.29 is 14.3 Å². The van der Waals surface area contributed by atoms with Crippen molar-refractivity contribution in [3.05, 3.63) is 35.9 Å². The Morgan fingerprint density at radius 2 is 1.95 bits per heavy atom. The van der Waals surface area contributed by atoms with Crippen LogP contribution in [0.1, 0.15) is 31.7 Å². The van der Waals surface area contributed by atoms with E-state index in [1.807, 2.05) is 30.3 Å². The molecular formula is C15H22N2O3. The van der Waals surface area contributed by atoms with Crippen molar-refractivity contribution in [1.29, 1.82) is 0 Å². The molecule has 0 aliphatic heterocycles. The summed E-state index contributed by atoms with van der Waals surface area (Å²) in [5, 5.41) is 2.73. The lowest BCUT2D eigenvalue weighted by Gasteiger charge is -2.17. The molecule has 0 bridgehead atoms. The van der Waals surface area contributed by atoms with Crippen molar-refractivity contribution in [2.75, 3.05) is 13.2 Å². The van der Waals surface area contributed by atoms with Gasteiger partial charge in [0.25, 0.3) is 0 Å². The highest BCUT2D eigenvalue weighted by atomic mass is 16.5. The summed E-state index contributed by atoms with van der Waals surface area (Å²) in [6.45, 7) is 4.05. The van der Waals surface area contributed by atoms with Crippen molar-refractivity contribution in [2.45, 2.75) is 32.2 Å². The predicted molar refractivity (Wildman–Crippen MR) is 77.1 cm³/mol. The van der Waals surface area contributed by atoms with Gasteiger partial charge in [-0.1, -0.05) is 30.3 Å². The maximum atomic E-state index is 12.0. The second-order valence-electron chi connectivity index (χ2n) is 4.70. The highest BCUT2D eigenvalue weighted by Gasteiger charge is 2.22. The summed E-state index contributed by atoms with van der Waals surface area (Å²) in [6, 6.07) is 9.07. The Bertz CT molecular complexity index is 432. The minimum absolute atomic E-state index is 0.162. The van der Waals surface area contributed by atoms with Gasteiger partial charge in [0.15, 0.2) is 0 Å². The average molecular weight is 278 g/mol. The topological polar surface area (TPSA) is 81.4 Å². The molecule has 1 amide bonds. The zero-order chi connectivity index (χ0) is 15.0. The highest BCUT2D eigenvalue weighted by Crippen LogP contribution is 2.16. The van der Waals surface area contributed by atoms with E-state index in [2.05, 4.69) is 5.32 Å². The lowest BCUT2D eigenvalue weighted by Crippen LogP contribution is -2.35. The molecular weight excluding hydrogens is 256 g/mol. The van der Waals surface area contributed by atoms with Gasteiger partial charge in [-0.15, -0.1) is 0 Å². The summed E-state index contributed by atoms with van der Waals surface area (Å²) in [6.07, 6.45) is 0.240. The minimum Gasteiger partial charge on any atom is -0.465 e. The monoisotopic (exact) mass is 278 g/mol. The number of nitrogens with two attached hydrogens (primary N) is 1. The van der Waals surface area contributed by atoms with Crippen LogP contribution in [0.3, 0.4) is 0 Å². The molecule has 1 aromatic carbocycles. The number of amides is 1. The summed E-state index contributed by atoms with van der Waals surface area (Å²) in [7, 11) is 0. The van der Waals surface area contributed by atoms with Crippen LogP contribution in [0.4, 0.5) is 0 Å². The van der Waals surface area contributed by atoms with E-state index in [0.717, 1.165) is 5.56 Å². The number of carbonyl (C=O) groups is 2. The largest absolute Gasteiger partial charge is 0.465 e. The van der Waals surface area contributed by atoms with Crippen LogP contribution in [0.5, 0.6) is 0 Å². The normalized spacial score (nSPS) is 13.3. The number of ether oxygens (including phenoxy) is 1. The van der Waals surface area contributed by atoms with Crippen LogP contribution in [0.25, 0.3) is 0 Å². The summed E-state index contributed by atoms with van der Waals surface area (Å²) in [5.41, 5.74) is 6.39. The van der Waals surface area contributed by atoms with Gasteiger partial charge in [0.05, 0.1) is 12.5 Å². The van der Waals surface area contributed by atoms with Crippen LogP contribution in [0, 0.1) is 0 Å². The molecule has 0 aliphatic rings. The number of esters is 1. The molecule has 110 valence electrons. The lowest BCUT2D eigenvalue weighted by molar-refractivity contribution is -0.144. The molecule has 0 heterocycles. The first-order valence-electron chi connectivity index (χ1n) is 6.78. The minimum atomic E-state index is -0.492. The molecule has 0 spiro atoms. The summed E-state index contributed by atoms with van der Waals surface area (Å²) in [5.74, 6) is -0.988. The van der Waals surface area contributed by atoms with Gasteiger partial charge in [0.2, 0.25) is 5.91 Å². The molecule has 0 saturated heterocycles. The molecule has 0 aliphatic carbocycles. The van der Waals surface area contributed by atoms with Gasteiger partial charge in [-0.3, -0.25) is 9.59 Å². The maximum Gasteiger partial charge on any atom is 0.315 e. The SMILES string of the molecule is CCOC(=O)C(CNC(=O)CC(C)N)c1ccccc1. The van der Waals surface area contributed by atoms with Crippen molar-refractivity contribution in [3.63, 3.8) is 0 Å². The standard InChI is InChI=1S/C15H22N2O3/c1-3-20-15(19)13(12-7-5-4-6-8-12)10-17-14(18)9-11(2)16/h4-8,11,13H,3,9-10,16H2,1-2H3,(H,17,18). The van der Waals surface area contributed by atoms with Gasteiger partial charge in [-0.2, -0.15) is 0 Å². The fourth-order valence-corrected chi connectivity index (χ4v) is 1.85. The van der Waals surface area contributed by atoms with Crippen molar-refractivity contribution in [2.24, 2.45) is 5.73 Å². The fourth-order valence-electron chi connectivity index (χ4n) is 1.85. The number of hydrogen-bond donors (Lipinski definition) is 2. The highest BCUT2D eigenvalue weighted by molar-refractivity contribution is 5.81. The first-order chi connectivity index (χ1) is 9.54. The van der Waals surface area contributed by atoms with Gasteiger partial charge in [0, 0.05) is 19.0 Å². The van der Waals surface area contributed by atoms with Gasteiger partial charge in [-0.25, -0.2) is 0 Å². The number of benzene rings is 1. The smallest absolute Gasteiger partial charge is 0.315 e. The Morgan fingerprint density at radius 3 is 2.50 bits per heavy atom. The lowest BCUT2D eigenvalue weighted by atomic mass is 9.99. The number of hydrogen-bond acceptors (Lipinski definition) is 4. The van der Waals surface area contributed by atoms with E-state index < -0.39 is 5.92 Å². The van der Waals surface area contributed by atoms with E-state index in [1.54, 1.807) is 13.8 Å². The molecule has 2 atom stereocenters. The van der Waals surface area contributed by atoms with Gasteiger partial charge >= 0.3 is 5.97 Å². The van der Waals surface area contributed by atoms with Gasteiger partial charge in [-0.05, 0) is 19.4 Å². The van der Waals surface area contributed by atoms with E-state index in [-0.39, 0.29) is 30.9 Å². The number of rotatable bonds is 7. The second kappa shape index (κ2) is 8.32. The predicted octanol–water partition coefficient (Wildman–Crippen LogP) is 1.19. The van der Waals surface area contributed by atoms with Crippen LogP contribution in [-0.4, -0.2) is 31.1 Å². The molecule has 20 heavy (non-hydrogen) atoms. The van der Waals surface area contributed by atoms with Crippen molar-refractivity contribution in [3.8, 4) is 0 Å². The zero-order valence-corrected chi connectivity index (χ0v) is 12.0.